The van der Waals surface area contributed by atoms with E-state index in [2.05, 4.69) is 4.98 Å². The van der Waals surface area contributed by atoms with Gasteiger partial charge in [0, 0.05) is 25.4 Å². The highest BCUT2D eigenvalue weighted by Crippen LogP contribution is 2.46. The third kappa shape index (κ3) is 3.24. The fourth-order valence-electron chi connectivity index (χ4n) is 4.17. The number of imidazole rings is 1. The van der Waals surface area contributed by atoms with E-state index in [4.69, 9.17) is 0 Å². The molecule has 2 unspecified atom stereocenters. The van der Waals surface area contributed by atoms with Gasteiger partial charge in [0.25, 0.3) is 0 Å². The lowest BCUT2D eigenvalue weighted by Gasteiger charge is -2.42. The van der Waals surface area contributed by atoms with E-state index in [-0.39, 0.29) is 31.2 Å². The zero-order valence-electron chi connectivity index (χ0n) is 14.6. The van der Waals surface area contributed by atoms with Crippen molar-refractivity contribution < 1.29 is 23.6 Å². The lowest BCUT2D eigenvalue weighted by molar-refractivity contribution is -0.392. The number of rotatable bonds is 5. The fraction of sp³-hybridized carbons (Fsp3) is 0.800. The number of aliphatic hydroxyl groups excluding tert-OH is 2. The molecule has 10 nitrogen and oxygen atoms in total. The number of aromatic nitrogens is 2. The van der Waals surface area contributed by atoms with Crippen molar-refractivity contribution in [2.75, 3.05) is 18.8 Å². The number of nitro groups is 1. The minimum atomic E-state index is -3.60. The number of hydrogen-bond acceptors (Lipinski definition) is 7. The Bertz CT molecular complexity index is 772. The maximum absolute atomic E-state index is 12.6. The molecular weight excluding hydrogens is 364 g/mol. The van der Waals surface area contributed by atoms with Crippen LogP contribution in [0, 0.1) is 22.5 Å². The van der Waals surface area contributed by atoms with Gasteiger partial charge >= 0.3 is 5.82 Å². The SMILES string of the molecule is Cc1ncc([N+](=O)[O-])n1CCS(=O)(=O)N1CCC2(CC1)C(O)CCC2O. The summed E-state index contributed by atoms with van der Waals surface area (Å²) in [4.78, 5) is 14.3. The third-order valence-corrected chi connectivity index (χ3v) is 7.73. The Balaban J connectivity index is 1.65. The van der Waals surface area contributed by atoms with Gasteiger partial charge in [0.2, 0.25) is 10.0 Å². The van der Waals surface area contributed by atoms with Crippen LogP contribution in [0.4, 0.5) is 5.82 Å². The molecular formula is C15H24N4O6S. The summed E-state index contributed by atoms with van der Waals surface area (Å²) in [6.07, 6.45) is 1.83. The normalized spacial score (nSPS) is 26.4. The largest absolute Gasteiger partial charge is 0.392 e. The molecule has 1 spiro atoms. The summed E-state index contributed by atoms with van der Waals surface area (Å²) < 4.78 is 27.9. The first-order valence-corrected chi connectivity index (χ1v) is 10.3. The molecule has 2 aliphatic rings. The quantitative estimate of drug-likeness (QED) is 0.536. The molecule has 0 bridgehead atoms. The monoisotopic (exact) mass is 388 g/mol. The van der Waals surface area contributed by atoms with Gasteiger partial charge in [-0.2, -0.15) is 0 Å². The molecule has 0 aromatic carbocycles. The van der Waals surface area contributed by atoms with Gasteiger partial charge in [0.15, 0.2) is 5.82 Å². The molecule has 1 aliphatic carbocycles. The molecule has 1 aromatic rings. The highest BCUT2D eigenvalue weighted by molar-refractivity contribution is 7.89. The Morgan fingerprint density at radius 3 is 2.42 bits per heavy atom. The van der Waals surface area contributed by atoms with Crippen LogP contribution in [0.2, 0.25) is 0 Å². The predicted octanol–water partition coefficient (Wildman–Crippen LogP) is 0.0273. The van der Waals surface area contributed by atoms with Crippen LogP contribution in [0.1, 0.15) is 31.5 Å². The third-order valence-electron chi connectivity index (χ3n) is 5.88. The first kappa shape index (κ1) is 19.2. The Labute approximate surface area is 151 Å². The number of piperidine rings is 1. The Kier molecular flexibility index (Phi) is 5.08. The van der Waals surface area contributed by atoms with E-state index in [1.54, 1.807) is 6.92 Å². The van der Waals surface area contributed by atoms with Crippen molar-refractivity contribution in [1.29, 1.82) is 0 Å². The molecule has 2 atom stereocenters. The average molecular weight is 388 g/mol. The molecule has 2 N–H and O–H groups in total. The Hall–Kier alpha value is -1.56. The summed E-state index contributed by atoms with van der Waals surface area (Å²) >= 11 is 0. The van der Waals surface area contributed by atoms with E-state index in [1.807, 2.05) is 0 Å². The summed E-state index contributed by atoms with van der Waals surface area (Å²) in [5, 5.41) is 31.4. The van der Waals surface area contributed by atoms with Gasteiger partial charge in [0.1, 0.15) is 18.5 Å². The number of aliphatic hydroxyl groups is 2. The van der Waals surface area contributed by atoms with Crippen molar-refractivity contribution in [1.82, 2.24) is 13.9 Å². The van der Waals surface area contributed by atoms with Gasteiger partial charge in [-0.3, -0.25) is 0 Å². The van der Waals surface area contributed by atoms with E-state index in [9.17, 15) is 28.7 Å². The van der Waals surface area contributed by atoms with E-state index in [0.29, 0.717) is 31.5 Å². The molecule has 3 rings (SSSR count). The lowest BCUT2D eigenvalue weighted by atomic mass is 9.74. The smallest absolute Gasteiger partial charge is 0.342 e. The van der Waals surface area contributed by atoms with Gasteiger partial charge in [-0.25, -0.2) is 22.3 Å². The van der Waals surface area contributed by atoms with Crippen LogP contribution < -0.4 is 0 Å². The topological polar surface area (TPSA) is 139 Å². The maximum Gasteiger partial charge on any atom is 0.342 e. The Morgan fingerprint density at radius 1 is 1.31 bits per heavy atom. The molecule has 26 heavy (non-hydrogen) atoms. The van der Waals surface area contributed by atoms with Crippen molar-refractivity contribution in [2.45, 2.75) is 51.4 Å². The van der Waals surface area contributed by atoms with E-state index >= 15 is 0 Å². The average Bonchev–Trinajstić information content (AvgIpc) is 3.09. The number of nitrogens with zero attached hydrogens (tertiary/aromatic N) is 4. The van der Waals surface area contributed by atoms with Crippen LogP contribution in [-0.4, -0.2) is 68.5 Å². The van der Waals surface area contributed by atoms with E-state index in [0.717, 1.165) is 6.20 Å². The first-order chi connectivity index (χ1) is 12.2. The van der Waals surface area contributed by atoms with Gasteiger partial charge < -0.3 is 20.3 Å². The van der Waals surface area contributed by atoms with Crippen molar-refractivity contribution in [3.63, 3.8) is 0 Å². The fourth-order valence-corrected chi connectivity index (χ4v) is 5.58. The molecule has 1 saturated carbocycles. The second-order valence-corrected chi connectivity index (χ2v) is 9.22. The van der Waals surface area contributed by atoms with Crippen molar-refractivity contribution in [2.24, 2.45) is 5.41 Å². The molecule has 1 saturated heterocycles. The number of sulfonamides is 1. The van der Waals surface area contributed by atoms with Crippen molar-refractivity contribution >= 4 is 15.8 Å². The van der Waals surface area contributed by atoms with Gasteiger partial charge in [0.05, 0.1) is 12.2 Å². The van der Waals surface area contributed by atoms with E-state index in [1.165, 1.54) is 8.87 Å². The molecule has 11 heteroatoms. The van der Waals surface area contributed by atoms with Crippen LogP contribution in [0.15, 0.2) is 6.20 Å². The van der Waals surface area contributed by atoms with Crippen LogP contribution in [0.25, 0.3) is 0 Å². The zero-order valence-corrected chi connectivity index (χ0v) is 15.4. The van der Waals surface area contributed by atoms with Gasteiger partial charge in [-0.05, 0) is 30.6 Å². The second kappa shape index (κ2) is 6.87. The number of hydrogen-bond donors (Lipinski definition) is 2. The second-order valence-electron chi connectivity index (χ2n) is 7.13. The summed E-state index contributed by atoms with van der Waals surface area (Å²) in [7, 11) is -3.60. The highest BCUT2D eigenvalue weighted by Gasteiger charge is 2.51. The molecule has 146 valence electrons. The van der Waals surface area contributed by atoms with Crippen LogP contribution in [0.3, 0.4) is 0 Å². The van der Waals surface area contributed by atoms with Gasteiger partial charge in [-0.15, -0.1) is 0 Å². The van der Waals surface area contributed by atoms with Gasteiger partial charge in [-0.1, -0.05) is 0 Å². The number of aryl methyl sites for hydroxylation is 1. The van der Waals surface area contributed by atoms with Crippen molar-refractivity contribution in [3.8, 4) is 0 Å². The lowest BCUT2D eigenvalue weighted by Crippen LogP contribution is -2.50. The maximum atomic E-state index is 12.6. The first-order valence-electron chi connectivity index (χ1n) is 8.68. The van der Waals surface area contributed by atoms with Crippen molar-refractivity contribution in [3.05, 3.63) is 22.1 Å². The minimum absolute atomic E-state index is 0.0443. The van der Waals surface area contributed by atoms with Crippen LogP contribution in [0.5, 0.6) is 0 Å². The molecule has 2 fully saturated rings. The summed E-state index contributed by atoms with van der Waals surface area (Å²) in [5.41, 5.74) is -0.605. The summed E-state index contributed by atoms with van der Waals surface area (Å²) in [5.74, 6) is -0.0995. The molecule has 1 aliphatic heterocycles. The highest BCUT2D eigenvalue weighted by atomic mass is 32.2. The molecule has 0 amide bonds. The standard InChI is InChI=1S/C15H24N4O6S/c1-11-16-10-14(19(22)23)18(11)8-9-26(24,25)17-6-4-15(5-7-17)12(20)2-3-13(15)21/h10,12-13,20-21H,2-9H2,1H3. The van der Waals surface area contributed by atoms with Crippen LogP contribution in [-0.2, 0) is 16.6 Å². The minimum Gasteiger partial charge on any atom is -0.392 e. The molecule has 0 radical (unpaired) electrons. The summed E-state index contributed by atoms with van der Waals surface area (Å²) in [6, 6.07) is 0. The van der Waals surface area contributed by atoms with Crippen LogP contribution >= 0.6 is 0 Å². The Morgan fingerprint density at radius 2 is 1.88 bits per heavy atom. The molecule has 1 aromatic heterocycles. The molecule has 2 heterocycles. The predicted molar refractivity (Wildman–Crippen MR) is 91.9 cm³/mol. The summed E-state index contributed by atoms with van der Waals surface area (Å²) in [6.45, 7) is 2.02. The zero-order chi connectivity index (χ0) is 19.1. The van der Waals surface area contributed by atoms with E-state index < -0.39 is 32.6 Å².